The standard InChI is InChI=1S/C3H7NO2.CH6Si/c1-2-6-3(4)5;1-2/h2H2,1H3,(H2,4,5);1-2H3. The first-order valence-corrected chi connectivity index (χ1v) is 4.69. The first-order valence-electron chi connectivity index (χ1n) is 2.69. The number of hydrogen-bond donors (Lipinski definition) is 1. The van der Waals surface area contributed by atoms with Crippen LogP contribution < -0.4 is 5.73 Å². The fraction of sp³-hybridized carbons (Fsp3) is 0.750. The molecule has 1 amide bonds. The van der Waals surface area contributed by atoms with E-state index in [0.717, 1.165) is 0 Å². The summed E-state index contributed by atoms with van der Waals surface area (Å²) < 4.78 is 4.18. The summed E-state index contributed by atoms with van der Waals surface area (Å²) in [5.41, 5.74) is 4.54. The zero-order valence-electron chi connectivity index (χ0n) is 5.60. The van der Waals surface area contributed by atoms with Crippen LogP contribution in [0, 0.1) is 0 Å². The van der Waals surface area contributed by atoms with Crippen molar-refractivity contribution in [3.63, 3.8) is 0 Å². The van der Waals surface area contributed by atoms with Crippen molar-refractivity contribution in [2.24, 2.45) is 5.73 Å². The summed E-state index contributed by atoms with van der Waals surface area (Å²) in [5.74, 6) is 0. The molecule has 0 aromatic heterocycles. The van der Waals surface area contributed by atoms with Crippen LogP contribution in [0.4, 0.5) is 4.79 Å². The minimum Gasteiger partial charge on any atom is -0.450 e. The van der Waals surface area contributed by atoms with Crippen LogP contribution >= 0.6 is 0 Å². The Morgan fingerprint density at radius 2 is 2.12 bits per heavy atom. The van der Waals surface area contributed by atoms with Gasteiger partial charge in [0.15, 0.2) is 0 Å². The molecule has 0 aromatic rings. The zero-order chi connectivity index (χ0) is 6.99. The van der Waals surface area contributed by atoms with Gasteiger partial charge in [-0.25, -0.2) is 4.79 Å². The topological polar surface area (TPSA) is 52.3 Å². The largest absolute Gasteiger partial charge is 0.450 e. The normalized spacial score (nSPS) is 6.75. The van der Waals surface area contributed by atoms with Crippen LogP contribution in [-0.2, 0) is 4.74 Å². The molecule has 0 spiro atoms. The third-order valence-electron chi connectivity index (χ3n) is 0.287. The lowest BCUT2D eigenvalue weighted by Crippen LogP contribution is -2.11. The number of primary amides is 1. The molecule has 0 aliphatic heterocycles. The summed E-state index contributed by atoms with van der Waals surface area (Å²) in [6, 6.07) is 0. The molecule has 0 saturated heterocycles. The molecule has 8 heavy (non-hydrogen) atoms. The van der Waals surface area contributed by atoms with E-state index in [-0.39, 0.29) is 0 Å². The number of amides is 1. The van der Waals surface area contributed by atoms with Crippen LogP contribution in [-0.4, -0.2) is 22.9 Å². The van der Waals surface area contributed by atoms with Crippen LogP contribution in [0.3, 0.4) is 0 Å². The number of ether oxygens (including phenoxy) is 1. The Labute approximate surface area is 52.6 Å². The summed E-state index contributed by atoms with van der Waals surface area (Å²) in [6.07, 6.45) is -0.711. The highest BCUT2D eigenvalue weighted by Gasteiger charge is 1.82. The molecular weight excluding hydrogens is 122 g/mol. The van der Waals surface area contributed by atoms with Gasteiger partial charge in [-0.05, 0) is 17.2 Å². The monoisotopic (exact) mass is 135 g/mol. The average molecular weight is 135 g/mol. The zero-order valence-corrected chi connectivity index (χ0v) is 7.60. The molecule has 0 radical (unpaired) electrons. The SMILES string of the molecule is CCOC(N)=O.C[SiH3]. The Bertz CT molecular complexity index is 58.0. The molecule has 0 saturated carbocycles. The molecule has 3 nitrogen and oxygen atoms in total. The molecule has 0 aliphatic carbocycles. The summed E-state index contributed by atoms with van der Waals surface area (Å²) in [7, 11) is 1.31. The maximum atomic E-state index is 9.60. The first-order chi connectivity index (χ1) is 3.77. The highest BCUT2D eigenvalue weighted by molar-refractivity contribution is 6.05. The van der Waals surface area contributed by atoms with E-state index in [1.54, 1.807) is 6.92 Å². The summed E-state index contributed by atoms with van der Waals surface area (Å²) in [4.78, 5) is 9.60. The van der Waals surface area contributed by atoms with Crippen molar-refractivity contribution in [1.82, 2.24) is 0 Å². The number of rotatable bonds is 1. The van der Waals surface area contributed by atoms with Gasteiger partial charge in [0.2, 0.25) is 0 Å². The van der Waals surface area contributed by atoms with Crippen molar-refractivity contribution in [3.05, 3.63) is 0 Å². The van der Waals surface area contributed by atoms with E-state index < -0.39 is 6.09 Å². The number of carbonyl (C=O) groups is 1. The van der Waals surface area contributed by atoms with E-state index in [1.165, 1.54) is 10.2 Å². The second-order valence-corrected chi connectivity index (χ2v) is 0.752. The van der Waals surface area contributed by atoms with E-state index in [2.05, 4.69) is 17.0 Å². The van der Waals surface area contributed by atoms with Crippen molar-refractivity contribution in [2.45, 2.75) is 13.5 Å². The van der Waals surface area contributed by atoms with Crippen molar-refractivity contribution in [3.8, 4) is 0 Å². The van der Waals surface area contributed by atoms with Gasteiger partial charge in [-0.2, -0.15) is 0 Å². The first kappa shape index (κ1) is 10.5. The third kappa shape index (κ3) is 17.9. The lowest BCUT2D eigenvalue weighted by atomic mass is 10.9. The lowest BCUT2D eigenvalue weighted by molar-refractivity contribution is 0.163. The Hall–Kier alpha value is -0.513. The second kappa shape index (κ2) is 9.70. The van der Waals surface area contributed by atoms with Gasteiger partial charge in [0.05, 0.1) is 6.61 Å². The molecule has 0 fully saturated rings. The number of hydrogen-bond acceptors (Lipinski definition) is 2. The van der Waals surface area contributed by atoms with Gasteiger partial charge in [0.1, 0.15) is 0 Å². The van der Waals surface area contributed by atoms with Crippen LogP contribution in [0.5, 0.6) is 0 Å². The van der Waals surface area contributed by atoms with Gasteiger partial charge in [-0.15, -0.1) is 0 Å². The minimum absolute atomic E-state index is 0.356. The summed E-state index contributed by atoms with van der Waals surface area (Å²) in [5, 5.41) is 0. The van der Waals surface area contributed by atoms with E-state index in [0.29, 0.717) is 6.61 Å². The molecule has 50 valence electrons. The Morgan fingerprint density at radius 1 is 1.75 bits per heavy atom. The minimum atomic E-state index is -0.711. The molecule has 0 unspecified atom stereocenters. The second-order valence-electron chi connectivity index (χ2n) is 0.752. The molecule has 0 atom stereocenters. The smallest absolute Gasteiger partial charge is 0.404 e. The quantitative estimate of drug-likeness (QED) is 0.493. The predicted molar refractivity (Wildman–Crippen MR) is 37.0 cm³/mol. The highest BCUT2D eigenvalue weighted by Crippen LogP contribution is 1.66. The molecule has 0 aliphatic rings. The molecule has 0 aromatic carbocycles. The van der Waals surface area contributed by atoms with Crippen molar-refractivity contribution in [2.75, 3.05) is 6.61 Å². The maximum absolute atomic E-state index is 9.60. The van der Waals surface area contributed by atoms with Crippen LogP contribution in [0.1, 0.15) is 6.92 Å². The Balaban J connectivity index is 0. The van der Waals surface area contributed by atoms with E-state index >= 15 is 0 Å². The predicted octanol–water partition coefficient (Wildman–Crippen LogP) is -0.498. The van der Waals surface area contributed by atoms with E-state index in [4.69, 9.17) is 0 Å². The van der Waals surface area contributed by atoms with Crippen molar-refractivity contribution >= 4 is 16.3 Å². The lowest BCUT2D eigenvalue weighted by Gasteiger charge is -1.89. The third-order valence-corrected chi connectivity index (χ3v) is 0.287. The van der Waals surface area contributed by atoms with E-state index in [1.807, 2.05) is 0 Å². The van der Waals surface area contributed by atoms with Gasteiger partial charge < -0.3 is 10.5 Å². The van der Waals surface area contributed by atoms with Gasteiger partial charge in [-0.1, -0.05) is 6.55 Å². The van der Waals surface area contributed by atoms with Crippen molar-refractivity contribution in [1.29, 1.82) is 0 Å². The van der Waals surface area contributed by atoms with Crippen LogP contribution in [0.25, 0.3) is 0 Å². The Kier molecular flexibility index (Phi) is 12.7. The Morgan fingerprint density at radius 3 is 2.12 bits per heavy atom. The van der Waals surface area contributed by atoms with Crippen LogP contribution in [0.2, 0.25) is 6.55 Å². The molecular formula is C4H13NO2Si. The van der Waals surface area contributed by atoms with Gasteiger partial charge in [0, 0.05) is 0 Å². The average Bonchev–Trinajstić information content (AvgIpc) is 1.72. The fourth-order valence-corrected chi connectivity index (χ4v) is 0.142. The molecule has 0 rings (SSSR count). The molecule has 2 N–H and O–H groups in total. The van der Waals surface area contributed by atoms with E-state index in [9.17, 15) is 4.79 Å². The number of carbonyl (C=O) groups excluding carboxylic acids is 1. The van der Waals surface area contributed by atoms with Crippen LogP contribution in [0.15, 0.2) is 0 Å². The number of nitrogens with two attached hydrogens (primary N) is 1. The van der Waals surface area contributed by atoms with Gasteiger partial charge in [-0.3, -0.25) is 0 Å². The van der Waals surface area contributed by atoms with Crippen molar-refractivity contribution < 1.29 is 9.53 Å². The molecule has 4 heteroatoms. The molecule has 0 heterocycles. The highest BCUT2D eigenvalue weighted by atomic mass is 28.1. The van der Waals surface area contributed by atoms with Gasteiger partial charge in [0.25, 0.3) is 0 Å². The van der Waals surface area contributed by atoms with Gasteiger partial charge >= 0.3 is 6.09 Å². The maximum Gasteiger partial charge on any atom is 0.404 e. The molecule has 0 bridgehead atoms. The summed E-state index contributed by atoms with van der Waals surface area (Å²) in [6.45, 7) is 4.19. The fourth-order valence-electron chi connectivity index (χ4n) is 0.142. The summed E-state index contributed by atoms with van der Waals surface area (Å²) >= 11 is 0.